The number of benzene rings is 5. The molecule has 0 amide bonds. The lowest BCUT2D eigenvalue weighted by Gasteiger charge is -2.32. The normalized spacial score (nSPS) is 16.1. The molecule has 0 N–H and O–H groups in total. The second kappa shape index (κ2) is 25.0. The summed E-state index contributed by atoms with van der Waals surface area (Å²) < 4.78 is 17.0. The van der Waals surface area contributed by atoms with Gasteiger partial charge in [0.2, 0.25) is 5.78 Å². The molecule has 0 spiro atoms. The number of hydrogen-bond acceptors (Lipinski definition) is 6. The predicted octanol–water partition coefficient (Wildman–Crippen LogP) is 13.5. The SMILES string of the molecule is C[Si](C)(C)C#CC(=O)c1ccccc1C#CC#CCOC/C=C/CCl.C[Si](C)(C)c1c2c(cc3c1C(=O)c1ccccc1-3)C(/C=C/Cl)COC2.C[Si](C)(C)c1c2c(cc3c1C(=O)c1ccccc1-3)C(/C=C\Cl)COC2. The number of halogens is 3. The number of Topliss-reactive ketones (excluding diaryl/α,β-unsaturated/α-hetero) is 1. The average Bonchev–Trinajstić information content (AvgIpc) is 3.82. The van der Waals surface area contributed by atoms with Gasteiger partial charge in [0.25, 0.3) is 0 Å². The van der Waals surface area contributed by atoms with Crippen molar-refractivity contribution in [2.75, 3.05) is 32.3 Å². The summed E-state index contributed by atoms with van der Waals surface area (Å²) in [6, 6.07) is 27.5. The number of alkyl halides is 1. The molecule has 6 nitrogen and oxygen atoms in total. The van der Waals surface area contributed by atoms with Crippen LogP contribution in [0.25, 0.3) is 22.3 Å². The Morgan fingerprint density at radius 3 is 1.60 bits per heavy atom. The molecule has 0 saturated carbocycles. The topological polar surface area (TPSA) is 78.9 Å². The van der Waals surface area contributed by atoms with Gasteiger partial charge in [0.05, 0.1) is 49.2 Å². The van der Waals surface area contributed by atoms with Gasteiger partial charge < -0.3 is 14.2 Å². The van der Waals surface area contributed by atoms with Gasteiger partial charge in [-0.1, -0.05) is 179 Å². The van der Waals surface area contributed by atoms with E-state index in [1.807, 2.05) is 72.8 Å². The second-order valence-electron chi connectivity index (χ2n) is 21.7. The van der Waals surface area contributed by atoms with Crippen LogP contribution in [0.2, 0.25) is 58.9 Å². The summed E-state index contributed by atoms with van der Waals surface area (Å²) in [6.45, 7) is 23.3. The lowest BCUT2D eigenvalue weighted by atomic mass is 9.88. The summed E-state index contributed by atoms with van der Waals surface area (Å²) in [6.07, 6.45) is 7.63. The Morgan fingerprint density at radius 2 is 1.13 bits per heavy atom. The molecule has 2 heterocycles. The molecular weight excluding hydrogens is 1040 g/mol. The van der Waals surface area contributed by atoms with Crippen molar-refractivity contribution in [2.45, 2.75) is 84.0 Å². The first-order chi connectivity index (χ1) is 35.8. The maximum absolute atomic E-state index is 13.2. The zero-order valence-electron chi connectivity index (χ0n) is 44.2. The van der Waals surface area contributed by atoms with E-state index in [1.54, 1.807) is 23.2 Å². The number of fused-ring (bicyclic) bond motifs is 8. The van der Waals surface area contributed by atoms with Gasteiger partial charge in [0.1, 0.15) is 14.7 Å². The highest BCUT2D eigenvalue weighted by molar-refractivity contribution is 6.90. The number of rotatable bonds is 9. The number of ether oxygens (including phenoxy) is 3. The van der Waals surface area contributed by atoms with Crippen LogP contribution in [-0.4, -0.2) is 73.9 Å². The molecule has 75 heavy (non-hydrogen) atoms. The molecule has 4 aliphatic rings. The summed E-state index contributed by atoms with van der Waals surface area (Å²) in [5, 5.41) is 2.52. The van der Waals surface area contributed by atoms with Crippen LogP contribution < -0.4 is 10.4 Å². The van der Waals surface area contributed by atoms with Crippen molar-refractivity contribution in [3.8, 4) is 57.4 Å². The summed E-state index contributed by atoms with van der Waals surface area (Å²) in [5.41, 5.74) is 20.1. The van der Waals surface area contributed by atoms with Crippen LogP contribution in [0, 0.1) is 35.1 Å². The summed E-state index contributed by atoms with van der Waals surface area (Å²) in [4.78, 5) is 38.7. The van der Waals surface area contributed by atoms with E-state index in [9.17, 15) is 14.4 Å². The molecule has 2 aliphatic carbocycles. The lowest BCUT2D eigenvalue weighted by Crippen LogP contribution is -2.45. The first-order valence-corrected chi connectivity index (χ1v) is 37.0. The highest BCUT2D eigenvalue weighted by Gasteiger charge is 2.40. The van der Waals surface area contributed by atoms with E-state index < -0.39 is 24.2 Å². The molecule has 2 unspecified atom stereocenters. The summed E-state index contributed by atoms with van der Waals surface area (Å²) in [5.74, 6) is 14.8. The predicted molar refractivity (Wildman–Crippen MR) is 319 cm³/mol. The van der Waals surface area contributed by atoms with E-state index >= 15 is 0 Å². The Balaban J connectivity index is 0.000000164. The monoisotopic (exact) mass is 1100 g/mol. The van der Waals surface area contributed by atoms with Crippen LogP contribution in [0.5, 0.6) is 0 Å². The molecule has 0 fully saturated rings. The van der Waals surface area contributed by atoms with Crippen LogP contribution in [0.1, 0.15) is 81.9 Å². The average molecular weight is 1110 g/mol. The van der Waals surface area contributed by atoms with Crippen LogP contribution in [-0.2, 0) is 27.4 Å². The van der Waals surface area contributed by atoms with Gasteiger partial charge in [0.15, 0.2) is 11.6 Å². The molecule has 5 aromatic rings. The van der Waals surface area contributed by atoms with E-state index in [1.165, 1.54) is 32.6 Å². The van der Waals surface area contributed by atoms with Crippen LogP contribution in [0.4, 0.5) is 0 Å². The van der Waals surface area contributed by atoms with Gasteiger partial charge in [-0.15, -0.1) is 17.1 Å². The van der Waals surface area contributed by atoms with Crippen molar-refractivity contribution in [3.63, 3.8) is 0 Å². The van der Waals surface area contributed by atoms with Crippen LogP contribution in [0.3, 0.4) is 0 Å². The number of allylic oxidation sites excluding steroid dienone is 1. The second-order valence-corrected chi connectivity index (χ2v) is 37.2. The molecule has 0 aromatic heterocycles. The molecule has 0 saturated heterocycles. The number of ketones is 3. The molecule has 0 bridgehead atoms. The lowest BCUT2D eigenvalue weighted by molar-refractivity contribution is 0.101. The number of carbonyl (C=O) groups excluding carboxylic acids is 3. The minimum Gasteiger partial charge on any atom is -0.376 e. The van der Waals surface area contributed by atoms with Gasteiger partial charge in [-0.3, -0.25) is 14.4 Å². The van der Waals surface area contributed by atoms with Gasteiger partial charge in [0, 0.05) is 62.2 Å². The first kappa shape index (κ1) is 57.1. The Bertz CT molecular complexity index is 3170. The van der Waals surface area contributed by atoms with Crippen LogP contribution >= 0.6 is 34.8 Å². The Hall–Kier alpha value is -5.59. The Morgan fingerprint density at radius 1 is 0.653 bits per heavy atom. The first-order valence-electron chi connectivity index (χ1n) is 25.1. The van der Waals surface area contributed by atoms with Gasteiger partial charge in [-0.05, 0) is 96.9 Å². The third-order valence-electron chi connectivity index (χ3n) is 13.0. The molecule has 5 aromatic carbocycles. The van der Waals surface area contributed by atoms with E-state index in [0.29, 0.717) is 56.6 Å². The van der Waals surface area contributed by atoms with E-state index in [0.717, 1.165) is 44.5 Å². The van der Waals surface area contributed by atoms with E-state index in [-0.39, 0.29) is 29.2 Å². The minimum absolute atomic E-state index is 0.143. The van der Waals surface area contributed by atoms with Gasteiger partial charge in [-0.2, -0.15) is 0 Å². The molecule has 0 radical (unpaired) electrons. The molecule has 2 aliphatic heterocycles. The standard InChI is InChI=1S/3C21H21ClO2Si/c2*1-25(2,3)21-18-12-24-11-13(8-9-22)16(18)10-17-14-6-4-5-7-15(14)20(23)19(17)21;1-25(2,3)18-14-21(23)20-13-7-6-12-19(20)11-5-4-9-16-24-17-10-8-15-22/h2*4-10,13H,11-12H2,1-3H3;6-8,10,12-13H,15-17H2,1-3H3/b9-8+;9-8-;10-8+. The minimum atomic E-state index is -1.76. The van der Waals surface area contributed by atoms with Crippen molar-refractivity contribution in [1.82, 2.24) is 0 Å². The fourth-order valence-electron chi connectivity index (χ4n) is 9.95. The Labute approximate surface area is 461 Å². The largest absolute Gasteiger partial charge is 0.376 e. The van der Waals surface area contributed by atoms with Crippen molar-refractivity contribution in [3.05, 3.63) is 176 Å². The third kappa shape index (κ3) is 13.3. The molecule has 384 valence electrons. The highest BCUT2D eigenvalue weighted by atomic mass is 35.5. The smallest absolute Gasteiger partial charge is 0.236 e. The molecule has 9 rings (SSSR count). The molecular formula is C63H63Cl3O6Si3. The van der Waals surface area contributed by atoms with Crippen molar-refractivity contribution < 1.29 is 28.6 Å². The summed E-state index contributed by atoms with van der Waals surface area (Å²) in [7, 11) is -5.11. The maximum Gasteiger partial charge on any atom is 0.236 e. The number of hydrogen-bond donors (Lipinski definition) is 0. The fraction of sp³-hybridized carbons (Fsp3) is 0.286. The highest BCUT2D eigenvalue weighted by Crippen LogP contribution is 2.43. The maximum atomic E-state index is 13.2. The fourth-order valence-corrected chi connectivity index (χ4v) is 15.2. The zero-order valence-corrected chi connectivity index (χ0v) is 49.5. The quantitative estimate of drug-likeness (QED) is 0.0358. The van der Waals surface area contributed by atoms with E-state index in [4.69, 9.17) is 49.0 Å². The van der Waals surface area contributed by atoms with Crippen molar-refractivity contribution in [1.29, 1.82) is 0 Å². The Kier molecular flexibility index (Phi) is 19.1. The van der Waals surface area contributed by atoms with Crippen molar-refractivity contribution >= 4 is 86.7 Å². The molecule has 2 atom stereocenters. The number of carbonyl (C=O) groups is 3. The zero-order chi connectivity index (χ0) is 54.1. The van der Waals surface area contributed by atoms with Crippen LogP contribution in [0.15, 0.2) is 120 Å². The third-order valence-corrected chi connectivity index (χ3v) is 18.5. The van der Waals surface area contributed by atoms with E-state index in [2.05, 4.69) is 118 Å². The molecule has 12 heteroatoms. The summed E-state index contributed by atoms with van der Waals surface area (Å²) >= 11 is 17.2. The van der Waals surface area contributed by atoms with Gasteiger partial charge in [-0.25, -0.2) is 0 Å². The van der Waals surface area contributed by atoms with Crippen molar-refractivity contribution in [2.24, 2.45) is 0 Å². The van der Waals surface area contributed by atoms with Gasteiger partial charge >= 0.3 is 0 Å².